The molecule has 0 aromatic heterocycles. The fourth-order valence-corrected chi connectivity index (χ4v) is 3.41. The maximum Gasteiger partial charge on any atom is 0.220 e. The standard InChI is InChI=1S/C28H43NO2/c1-2-3-4-5-6-7-8-9-10-11-12-13-14-15-16-17-18-19-20-25-28(31)29-26-23-21-22-24-27(26)30/h3-4,6-7,9-10,12-13,15-16,18-19,26-27,30H,2,5,8,11,14,17,20-25H2,1H3,(H,29,31)/t26-,27-/m0/s1. The zero-order chi connectivity index (χ0) is 22.4. The van der Waals surface area contributed by atoms with Crippen LogP contribution >= 0.6 is 0 Å². The van der Waals surface area contributed by atoms with Crippen molar-refractivity contribution in [3.05, 3.63) is 72.9 Å². The Labute approximate surface area is 190 Å². The monoisotopic (exact) mass is 425 g/mol. The normalized spacial score (nSPS) is 20.5. The van der Waals surface area contributed by atoms with Gasteiger partial charge in [0.1, 0.15) is 0 Å². The van der Waals surface area contributed by atoms with E-state index in [4.69, 9.17) is 0 Å². The molecule has 0 aromatic rings. The van der Waals surface area contributed by atoms with Gasteiger partial charge in [0.05, 0.1) is 12.1 Å². The van der Waals surface area contributed by atoms with Gasteiger partial charge in [-0.3, -0.25) is 4.79 Å². The maximum atomic E-state index is 12.0. The number of rotatable bonds is 15. The van der Waals surface area contributed by atoms with Crippen LogP contribution in [0.1, 0.15) is 84.0 Å². The Bertz CT molecular complexity index is 625. The van der Waals surface area contributed by atoms with Crippen LogP contribution in [0.5, 0.6) is 0 Å². The summed E-state index contributed by atoms with van der Waals surface area (Å²) in [5.74, 6) is 0.0467. The number of carbonyl (C=O) groups excluding carboxylic acids is 1. The average molecular weight is 426 g/mol. The highest BCUT2D eigenvalue weighted by atomic mass is 16.3. The zero-order valence-electron chi connectivity index (χ0n) is 19.4. The van der Waals surface area contributed by atoms with E-state index in [9.17, 15) is 9.90 Å². The second kappa shape index (κ2) is 19.8. The van der Waals surface area contributed by atoms with Gasteiger partial charge in [-0.05, 0) is 57.8 Å². The first kappa shape index (κ1) is 26.9. The lowest BCUT2D eigenvalue weighted by atomic mass is 9.92. The molecule has 0 radical (unpaired) electrons. The lowest BCUT2D eigenvalue weighted by Crippen LogP contribution is -2.44. The van der Waals surface area contributed by atoms with Gasteiger partial charge in [-0.15, -0.1) is 0 Å². The Balaban J connectivity index is 1.98. The molecule has 3 heteroatoms. The van der Waals surface area contributed by atoms with Crippen molar-refractivity contribution >= 4 is 5.91 Å². The fraction of sp³-hybridized carbons (Fsp3) is 0.536. The van der Waals surface area contributed by atoms with Crippen molar-refractivity contribution in [1.29, 1.82) is 0 Å². The Hall–Kier alpha value is -2.13. The van der Waals surface area contributed by atoms with Crippen LogP contribution in [-0.4, -0.2) is 23.2 Å². The van der Waals surface area contributed by atoms with E-state index in [1.165, 1.54) is 0 Å². The van der Waals surface area contributed by atoms with E-state index in [1.807, 2.05) is 0 Å². The minimum absolute atomic E-state index is 0.0467. The molecular formula is C28H43NO2. The van der Waals surface area contributed by atoms with Crippen molar-refractivity contribution in [2.24, 2.45) is 0 Å². The van der Waals surface area contributed by atoms with Crippen LogP contribution in [0, 0.1) is 0 Å². The SMILES string of the molecule is CCC=CCC=CCC=CCC=CCC=CCC=CCCC(=O)N[C@H]1CCCC[C@@H]1O. The Kier molecular flexibility index (Phi) is 17.2. The number of amides is 1. The second-order valence-corrected chi connectivity index (χ2v) is 7.98. The number of aliphatic hydroxyl groups excluding tert-OH is 1. The predicted molar refractivity (Wildman–Crippen MR) is 134 cm³/mol. The summed E-state index contributed by atoms with van der Waals surface area (Å²) in [6.45, 7) is 2.15. The molecule has 172 valence electrons. The topological polar surface area (TPSA) is 49.3 Å². The summed E-state index contributed by atoms with van der Waals surface area (Å²) < 4.78 is 0. The highest BCUT2D eigenvalue weighted by molar-refractivity contribution is 5.76. The van der Waals surface area contributed by atoms with Crippen molar-refractivity contribution in [2.45, 2.75) is 96.1 Å². The van der Waals surface area contributed by atoms with E-state index in [0.29, 0.717) is 6.42 Å². The molecule has 0 bridgehead atoms. The van der Waals surface area contributed by atoms with Gasteiger partial charge in [0.2, 0.25) is 5.91 Å². The predicted octanol–water partition coefficient (Wildman–Crippen LogP) is 6.88. The van der Waals surface area contributed by atoms with Gasteiger partial charge in [0.25, 0.3) is 0 Å². The minimum atomic E-state index is -0.372. The maximum absolute atomic E-state index is 12.0. The lowest BCUT2D eigenvalue weighted by Gasteiger charge is -2.28. The summed E-state index contributed by atoms with van der Waals surface area (Å²) in [5, 5.41) is 12.9. The van der Waals surface area contributed by atoms with Gasteiger partial charge in [0, 0.05) is 6.42 Å². The lowest BCUT2D eigenvalue weighted by molar-refractivity contribution is -0.122. The number of hydrogen-bond donors (Lipinski definition) is 2. The summed E-state index contributed by atoms with van der Waals surface area (Å²) in [4.78, 5) is 12.0. The van der Waals surface area contributed by atoms with Crippen LogP contribution in [0.2, 0.25) is 0 Å². The molecule has 1 rings (SSSR count). The number of carbonyl (C=O) groups is 1. The summed E-state index contributed by atoms with van der Waals surface area (Å²) in [6.07, 6.45) is 36.9. The number of nitrogens with one attached hydrogen (secondary N) is 1. The van der Waals surface area contributed by atoms with Crippen molar-refractivity contribution in [3.63, 3.8) is 0 Å². The molecule has 0 heterocycles. The van der Waals surface area contributed by atoms with Gasteiger partial charge in [0.15, 0.2) is 0 Å². The molecule has 3 nitrogen and oxygen atoms in total. The van der Waals surface area contributed by atoms with Crippen LogP contribution in [0.25, 0.3) is 0 Å². The Morgan fingerprint density at radius 3 is 1.68 bits per heavy atom. The first-order valence-electron chi connectivity index (χ1n) is 12.1. The van der Waals surface area contributed by atoms with E-state index in [1.54, 1.807) is 0 Å². The molecule has 0 aliphatic heterocycles. The third-order valence-corrected chi connectivity index (χ3v) is 5.21. The van der Waals surface area contributed by atoms with Crippen LogP contribution in [0.15, 0.2) is 72.9 Å². The molecule has 0 unspecified atom stereocenters. The van der Waals surface area contributed by atoms with Crippen LogP contribution in [-0.2, 0) is 4.79 Å². The molecule has 2 N–H and O–H groups in total. The number of aliphatic hydroxyl groups is 1. The Morgan fingerprint density at radius 2 is 1.19 bits per heavy atom. The molecule has 1 fully saturated rings. The van der Waals surface area contributed by atoms with Crippen molar-refractivity contribution in [2.75, 3.05) is 0 Å². The first-order chi connectivity index (χ1) is 15.2. The van der Waals surface area contributed by atoms with Gasteiger partial charge in [-0.1, -0.05) is 92.7 Å². The van der Waals surface area contributed by atoms with Crippen molar-refractivity contribution in [1.82, 2.24) is 5.32 Å². The molecule has 1 aliphatic rings. The molecule has 1 saturated carbocycles. The van der Waals surface area contributed by atoms with Gasteiger partial charge in [-0.2, -0.15) is 0 Å². The molecule has 0 saturated heterocycles. The van der Waals surface area contributed by atoms with Crippen LogP contribution < -0.4 is 5.32 Å². The van der Waals surface area contributed by atoms with Crippen molar-refractivity contribution in [3.8, 4) is 0 Å². The minimum Gasteiger partial charge on any atom is -0.391 e. The molecule has 1 aliphatic carbocycles. The highest BCUT2D eigenvalue weighted by Crippen LogP contribution is 2.18. The molecule has 1 amide bonds. The van der Waals surface area contributed by atoms with Crippen LogP contribution in [0.3, 0.4) is 0 Å². The number of allylic oxidation sites excluding steroid dienone is 12. The zero-order valence-corrected chi connectivity index (χ0v) is 19.4. The van der Waals surface area contributed by atoms with Gasteiger partial charge >= 0.3 is 0 Å². The smallest absolute Gasteiger partial charge is 0.220 e. The third kappa shape index (κ3) is 16.3. The molecule has 31 heavy (non-hydrogen) atoms. The first-order valence-corrected chi connectivity index (χ1v) is 12.1. The second-order valence-electron chi connectivity index (χ2n) is 7.98. The largest absolute Gasteiger partial charge is 0.391 e. The third-order valence-electron chi connectivity index (χ3n) is 5.21. The van der Waals surface area contributed by atoms with E-state index >= 15 is 0 Å². The van der Waals surface area contributed by atoms with E-state index < -0.39 is 0 Å². The average Bonchev–Trinajstić information content (AvgIpc) is 2.77. The quantitative estimate of drug-likeness (QED) is 0.281. The van der Waals surface area contributed by atoms with Crippen molar-refractivity contribution < 1.29 is 9.90 Å². The van der Waals surface area contributed by atoms with E-state index in [0.717, 1.165) is 70.6 Å². The molecule has 0 spiro atoms. The van der Waals surface area contributed by atoms with E-state index in [-0.39, 0.29) is 18.1 Å². The highest BCUT2D eigenvalue weighted by Gasteiger charge is 2.23. The molecule has 0 aromatic carbocycles. The summed E-state index contributed by atoms with van der Waals surface area (Å²) >= 11 is 0. The van der Waals surface area contributed by atoms with Crippen LogP contribution in [0.4, 0.5) is 0 Å². The number of hydrogen-bond acceptors (Lipinski definition) is 2. The fourth-order valence-electron chi connectivity index (χ4n) is 3.41. The Morgan fingerprint density at radius 1 is 0.742 bits per heavy atom. The summed E-state index contributed by atoms with van der Waals surface area (Å²) in [6, 6.07) is -0.0495. The molecule has 2 atom stereocenters. The van der Waals surface area contributed by atoms with E-state index in [2.05, 4.69) is 85.2 Å². The van der Waals surface area contributed by atoms with Gasteiger partial charge in [-0.25, -0.2) is 0 Å². The molecular weight excluding hydrogens is 382 g/mol. The van der Waals surface area contributed by atoms with Gasteiger partial charge < -0.3 is 10.4 Å². The summed E-state index contributed by atoms with van der Waals surface area (Å²) in [5.41, 5.74) is 0. The summed E-state index contributed by atoms with van der Waals surface area (Å²) in [7, 11) is 0.